The van der Waals surface area contributed by atoms with Crippen molar-refractivity contribution in [2.75, 3.05) is 26.3 Å². The van der Waals surface area contributed by atoms with E-state index in [9.17, 15) is 9.59 Å². The number of carbonyl (C=O) groups excluding carboxylic acids is 2. The van der Waals surface area contributed by atoms with Crippen LogP contribution in [0.5, 0.6) is 0 Å². The third-order valence-electron chi connectivity index (χ3n) is 6.10. The van der Waals surface area contributed by atoms with Crippen molar-refractivity contribution in [1.29, 1.82) is 0 Å². The SMILES string of the molecule is CC(C)(NC(=O)Cc1ccccc1)C(=O)N1CCOCC(Cc2cccc3ccncc23)C1. The molecule has 0 bridgehead atoms. The van der Waals surface area contributed by atoms with Crippen molar-refractivity contribution in [3.8, 4) is 0 Å². The normalized spacial score (nSPS) is 16.9. The molecule has 1 saturated heterocycles. The molecule has 1 aromatic heterocycles. The van der Waals surface area contributed by atoms with E-state index in [1.807, 2.05) is 47.5 Å². The van der Waals surface area contributed by atoms with Crippen LogP contribution in [0, 0.1) is 5.92 Å². The molecule has 33 heavy (non-hydrogen) atoms. The van der Waals surface area contributed by atoms with Crippen LogP contribution in [0.15, 0.2) is 67.0 Å². The van der Waals surface area contributed by atoms with Gasteiger partial charge in [-0.15, -0.1) is 0 Å². The summed E-state index contributed by atoms with van der Waals surface area (Å²) in [5.74, 6) is -0.0810. The minimum absolute atomic E-state index is 0.0843. The Labute approximate surface area is 195 Å². The van der Waals surface area contributed by atoms with Crippen LogP contribution in [-0.4, -0.2) is 53.5 Å². The lowest BCUT2D eigenvalue weighted by molar-refractivity contribution is -0.140. The van der Waals surface area contributed by atoms with Gasteiger partial charge >= 0.3 is 0 Å². The standard InChI is InChI=1S/C27H31N3O3/c1-27(2,29-25(31)16-20-7-4-3-5-8-20)26(32)30-13-14-33-19-21(18-30)15-23-10-6-9-22-11-12-28-17-24(22)23/h3-12,17,21H,13-16,18-19H2,1-2H3,(H,29,31). The molecule has 1 unspecified atom stereocenters. The molecule has 3 aromatic rings. The number of carbonyl (C=O) groups is 2. The smallest absolute Gasteiger partial charge is 0.247 e. The van der Waals surface area contributed by atoms with E-state index in [2.05, 4.69) is 28.5 Å². The van der Waals surface area contributed by atoms with Crippen LogP contribution in [0.3, 0.4) is 0 Å². The fourth-order valence-corrected chi connectivity index (χ4v) is 4.48. The molecule has 0 spiro atoms. The van der Waals surface area contributed by atoms with Gasteiger partial charge in [0, 0.05) is 36.8 Å². The molecule has 1 atom stereocenters. The number of pyridine rings is 1. The summed E-state index contributed by atoms with van der Waals surface area (Å²) < 4.78 is 5.85. The minimum atomic E-state index is -0.996. The van der Waals surface area contributed by atoms with Crippen molar-refractivity contribution in [2.24, 2.45) is 5.92 Å². The molecule has 1 fully saturated rings. The Bertz CT molecular complexity index is 1110. The lowest BCUT2D eigenvalue weighted by atomic mass is 9.95. The number of hydrogen-bond donors (Lipinski definition) is 1. The van der Waals surface area contributed by atoms with E-state index in [1.165, 1.54) is 5.56 Å². The number of benzene rings is 2. The van der Waals surface area contributed by atoms with Crippen molar-refractivity contribution >= 4 is 22.6 Å². The zero-order valence-electron chi connectivity index (χ0n) is 19.3. The lowest BCUT2D eigenvalue weighted by Crippen LogP contribution is -2.57. The monoisotopic (exact) mass is 445 g/mol. The number of nitrogens with one attached hydrogen (secondary N) is 1. The number of fused-ring (bicyclic) bond motifs is 1. The summed E-state index contributed by atoms with van der Waals surface area (Å²) in [7, 11) is 0. The zero-order valence-corrected chi connectivity index (χ0v) is 19.3. The van der Waals surface area contributed by atoms with Crippen LogP contribution in [0.4, 0.5) is 0 Å². The molecule has 4 rings (SSSR count). The van der Waals surface area contributed by atoms with Gasteiger partial charge in [-0.25, -0.2) is 0 Å². The van der Waals surface area contributed by atoms with E-state index in [1.54, 1.807) is 20.0 Å². The fraction of sp³-hybridized carbons (Fsp3) is 0.370. The summed E-state index contributed by atoms with van der Waals surface area (Å²) in [6, 6.07) is 17.8. The summed E-state index contributed by atoms with van der Waals surface area (Å²) in [5, 5.41) is 5.23. The van der Waals surface area contributed by atoms with Crippen molar-refractivity contribution in [1.82, 2.24) is 15.2 Å². The molecule has 2 aromatic carbocycles. The highest BCUT2D eigenvalue weighted by Crippen LogP contribution is 2.23. The molecule has 172 valence electrons. The third kappa shape index (κ3) is 5.76. The van der Waals surface area contributed by atoms with Gasteiger partial charge in [0.25, 0.3) is 0 Å². The van der Waals surface area contributed by atoms with Gasteiger partial charge in [-0.05, 0) is 42.8 Å². The molecule has 2 amide bonds. The number of amides is 2. The third-order valence-corrected chi connectivity index (χ3v) is 6.10. The molecule has 6 nitrogen and oxygen atoms in total. The zero-order chi connectivity index (χ0) is 23.3. The van der Waals surface area contributed by atoms with Crippen LogP contribution in [0.1, 0.15) is 25.0 Å². The van der Waals surface area contributed by atoms with Gasteiger partial charge < -0.3 is 15.0 Å². The summed E-state index contributed by atoms with van der Waals surface area (Å²) in [6.45, 7) is 5.75. The Balaban J connectivity index is 1.42. The van der Waals surface area contributed by atoms with Crippen LogP contribution < -0.4 is 5.32 Å². The second kappa shape index (κ2) is 10.1. The maximum Gasteiger partial charge on any atom is 0.247 e. The second-order valence-corrected chi connectivity index (χ2v) is 9.25. The molecule has 0 aliphatic carbocycles. The average Bonchev–Trinajstić information content (AvgIpc) is 3.04. The Morgan fingerprint density at radius 3 is 2.76 bits per heavy atom. The van der Waals surface area contributed by atoms with Gasteiger partial charge in [0.1, 0.15) is 5.54 Å². The largest absolute Gasteiger partial charge is 0.379 e. The number of ether oxygens (including phenoxy) is 1. The van der Waals surface area contributed by atoms with Crippen LogP contribution in [-0.2, 0) is 27.2 Å². The highest BCUT2D eigenvalue weighted by molar-refractivity contribution is 5.91. The highest BCUT2D eigenvalue weighted by atomic mass is 16.5. The lowest BCUT2D eigenvalue weighted by Gasteiger charge is -2.33. The molecule has 0 radical (unpaired) electrons. The maximum atomic E-state index is 13.4. The Morgan fingerprint density at radius 1 is 1.12 bits per heavy atom. The first-order chi connectivity index (χ1) is 15.9. The maximum absolute atomic E-state index is 13.4. The first-order valence-corrected chi connectivity index (χ1v) is 11.5. The molecule has 1 N–H and O–H groups in total. The van der Waals surface area contributed by atoms with E-state index in [0.717, 1.165) is 22.8 Å². The van der Waals surface area contributed by atoms with E-state index in [4.69, 9.17) is 4.74 Å². The predicted molar refractivity (Wildman–Crippen MR) is 129 cm³/mol. The fourth-order valence-electron chi connectivity index (χ4n) is 4.48. The van der Waals surface area contributed by atoms with E-state index in [-0.39, 0.29) is 24.2 Å². The predicted octanol–water partition coefficient (Wildman–Crippen LogP) is 3.39. The van der Waals surface area contributed by atoms with Crippen molar-refractivity contribution in [3.63, 3.8) is 0 Å². The Kier molecular flexibility index (Phi) is 7.04. The number of rotatable bonds is 6. The molecular formula is C27H31N3O3. The van der Waals surface area contributed by atoms with Crippen LogP contribution >= 0.6 is 0 Å². The minimum Gasteiger partial charge on any atom is -0.379 e. The van der Waals surface area contributed by atoms with Gasteiger partial charge in [-0.2, -0.15) is 0 Å². The second-order valence-electron chi connectivity index (χ2n) is 9.25. The first kappa shape index (κ1) is 22.9. The molecular weight excluding hydrogens is 414 g/mol. The van der Waals surface area contributed by atoms with Gasteiger partial charge in [0.2, 0.25) is 11.8 Å². The van der Waals surface area contributed by atoms with Crippen molar-refractivity contribution in [2.45, 2.75) is 32.2 Å². The van der Waals surface area contributed by atoms with Crippen molar-refractivity contribution < 1.29 is 14.3 Å². The van der Waals surface area contributed by atoms with E-state index >= 15 is 0 Å². The molecule has 1 aliphatic heterocycles. The number of nitrogens with zero attached hydrogens (tertiary/aromatic N) is 2. The molecule has 1 aliphatic rings. The van der Waals surface area contributed by atoms with Gasteiger partial charge in [-0.3, -0.25) is 14.6 Å². The molecule has 6 heteroatoms. The highest BCUT2D eigenvalue weighted by Gasteiger charge is 2.35. The van der Waals surface area contributed by atoms with Gasteiger partial charge in [-0.1, -0.05) is 48.5 Å². The van der Waals surface area contributed by atoms with Crippen LogP contribution in [0.2, 0.25) is 0 Å². The summed E-state index contributed by atoms with van der Waals surface area (Å²) in [4.78, 5) is 32.1. The van der Waals surface area contributed by atoms with Crippen molar-refractivity contribution in [3.05, 3.63) is 78.1 Å². The van der Waals surface area contributed by atoms with Gasteiger partial charge in [0.05, 0.1) is 19.6 Å². The number of hydrogen-bond acceptors (Lipinski definition) is 4. The first-order valence-electron chi connectivity index (χ1n) is 11.5. The summed E-state index contributed by atoms with van der Waals surface area (Å²) >= 11 is 0. The Hall–Kier alpha value is -3.25. The van der Waals surface area contributed by atoms with Gasteiger partial charge in [0.15, 0.2) is 0 Å². The topological polar surface area (TPSA) is 71.5 Å². The Morgan fingerprint density at radius 2 is 1.94 bits per heavy atom. The summed E-state index contributed by atoms with van der Waals surface area (Å²) in [6.07, 6.45) is 4.75. The molecule has 0 saturated carbocycles. The molecule has 2 heterocycles. The average molecular weight is 446 g/mol. The van der Waals surface area contributed by atoms with E-state index in [0.29, 0.717) is 26.3 Å². The summed E-state index contributed by atoms with van der Waals surface area (Å²) in [5.41, 5.74) is 1.13. The van der Waals surface area contributed by atoms with E-state index < -0.39 is 5.54 Å². The number of aromatic nitrogens is 1. The van der Waals surface area contributed by atoms with Crippen LogP contribution in [0.25, 0.3) is 10.8 Å². The quantitative estimate of drug-likeness (QED) is 0.631.